The standard InChI is InChI=1S/C15H27N3O/c1-4-5-14-16-8-9-18(14)12(2)10-15(3,11-19)17-13-6-7-13/h8-9,12-13,17,19H,4-7,10-11H2,1-3H3. The minimum atomic E-state index is -0.186. The summed E-state index contributed by atoms with van der Waals surface area (Å²) in [7, 11) is 0. The van der Waals surface area contributed by atoms with Gasteiger partial charge >= 0.3 is 0 Å². The molecule has 0 aromatic carbocycles. The molecule has 0 spiro atoms. The van der Waals surface area contributed by atoms with E-state index in [2.05, 4.69) is 41.8 Å². The Balaban J connectivity index is 2.01. The zero-order chi connectivity index (χ0) is 13.9. The fourth-order valence-electron chi connectivity index (χ4n) is 2.80. The number of hydrogen-bond donors (Lipinski definition) is 2. The average molecular weight is 265 g/mol. The molecule has 1 aliphatic carbocycles. The molecular weight excluding hydrogens is 238 g/mol. The van der Waals surface area contributed by atoms with Crippen molar-refractivity contribution < 1.29 is 5.11 Å². The molecule has 0 bridgehead atoms. The van der Waals surface area contributed by atoms with Gasteiger partial charge in [0.25, 0.3) is 0 Å². The van der Waals surface area contributed by atoms with Gasteiger partial charge in [-0.2, -0.15) is 0 Å². The van der Waals surface area contributed by atoms with Gasteiger partial charge in [-0.25, -0.2) is 4.98 Å². The highest BCUT2D eigenvalue weighted by atomic mass is 16.3. The van der Waals surface area contributed by atoms with Crippen LogP contribution in [0.1, 0.15) is 58.3 Å². The molecule has 4 heteroatoms. The van der Waals surface area contributed by atoms with E-state index in [1.807, 2.05) is 6.20 Å². The maximum atomic E-state index is 9.69. The molecule has 19 heavy (non-hydrogen) atoms. The third-order valence-electron chi connectivity index (χ3n) is 3.92. The first-order chi connectivity index (χ1) is 9.08. The Bertz CT molecular complexity index is 400. The van der Waals surface area contributed by atoms with Gasteiger partial charge in [0.15, 0.2) is 0 Å². The number of aryl methyl sites for hydroxylation is 1. The monoisotopic (exact) mass is 265 g/mol. The number of nitrogens with one attached hydrogen (secondary N) is 1. The molecular formula is C15H27N3O. The second-order valence-corrected chi connectivity index (χ2v) is 6.19. The molecule has 0 saturated heterocycles. The lowest BCUT2D eigenvalue weighted by atomic mass is 9.94. The lowest BCUT2D eigenvalue weighted by Crippen LogP contribution is -2.48. The molecule has 0 radical (unpaired) electrons. The van der Waals surface area contributed by atoms with Gasteiger partial charge < -0.3 is 15.0 Å². The number of aliphatic hydroxyl groups excluding tert-OH is 1. The molecule has 2 unspecified atom stereocenters. The first-order valence-corrected chi connectivity index (χ1v) is 7.48. The number of aliphatic hydroxyl groups is 1. The molecule has 1 heterocycles. The van der Waals surface area contributed by atoms with E-state index in [4.69, 9.17) is 0 Å². The minimum absolute atomic E-state index is 0.186. The first kappa shape index (κ1) is 14.5. The van der Waals surface area contributed by atoms with E-state index in [-0.39, 0.29) is 12.1 Å². The first-order valence-electron chi connectivity index (χ1n) is 7.48. The Morgan fingerprint density at radius 1 is 1.58 bits per heavy atom. The number of nitrogens with zero attached hydrogens (tertiary/aromatic N) is 2. The fourth-order valence-corrected chi connectivity index (χ4v) is 2.80. The van der Waals surface area contributed by atoms with Crippen molar-refractivity contribution in [3.05, 3.63) is 18.2 Å². The summed E-state index contributed by atoms with van der Waals surface area (Å²) in [5.41, 5.74) is -0.186. The van der Waals surface area contributed by atoms with Crippen molar-refractivity contribution in [2.75, 3.05) is 6.61 Å². The minimum Gasteiger partial charge on any atom is -0.394 e. The predicted molar refractivity (Wildman–Crippen MR) is 77.2 cm³/mol. The van der Waals surface area contributed by atoms with E-state index in [1.165, 1.54) is 12.8 Å². The van der Waals surface area contributed by atoms with Crippen LogP contribution in [0, 0.1) is 0 Å². The van der Waals surface area contributed by atoms with Crippen LogP contribution in [0.25, 0.3) is 0 Å². The zero-order valence-electron chi connectivity index (χ0n) is 12.4. The summed E-state index contributed by atoms with van der Waals surface area (Å²) in [6.07, 6.45) is 9.49. The highest BCUT2D eigenvalue weighted by Gasteiger charge is 2.33. The maximum Gasteiger partial charge on any atom is 0.108 e. The van der Waals surface area contributed by atoms with E-state index < -0.39 is 0 Å². The van der Waals surface area contributed by atoms with Gasteiger partial charge in [0.1, 0.15) is 5.82 Å². The summed E-state index contributed by atoms with van der Waals surface area (Å²) in [4.78, 5) is 4.44. The fraction of sp³-hybridized carbons (Fsp3) is 0.800. The summed E-state index contributed by atoms with van der Waals surface area (Å²) in [6.45, 7) is 6.70. The Labute approximate surface area is 116 Å². The second-order valence-electron chi connectivity index (χ2n) is 6.19. The molecule has 108 valence electrons. The van der Waals surface area contributed by atoms with Gasteiger partial charge in [-0.05, 0) is 39.5 Å². The Hall–Kier alpha value is -0.870. The molecule has 1 aromatic rings. The smallest absolute Gasteiger partial charge is 0.108 e. The molecule has 0 amide bonds. The molecule has 4 nitrogen and oxygen atoms in total. The van der Waals surface area contributed by atoms with Crippen molar-refractivity contribution in [3.63, 3.8) is 0 Å². The van der Waals surface area contributed by atoms with E-state index in [0.29, 0.717) is 12.1 Å². The topological polar surface area (TPSA) is 50.1 Å². The summed E-state index contributed by atoms with van der Waals surface area (Å²) in [5.74, 6) is 1.15. The number of hydrogen-bond acceptors (Lipinski definition) is 3. The van der Waals surface area contributed by atoms with E-state index in [0.717, 1.165) is 25.1 Å². The van der Waals surface area contributed by atoms with Crippen LogP contribution in [0.4, 0.5) is 0 Å². The highest BCUT2D eigenvalue weighted by molar-refractivity contribution is 4.99. The van der Waals surface area contributed by atoms with Gasteiger partial charge in [0, 0.05) is 36.4 Å². The van der Waals surface area contributed by atoms with Gasteiger partial charge in [-0.3, -0.25) is 0 Å². The van der Waals surface area contributed by atoms with Crippen LogP contribution in [-0.2, 0) is 6.42 Å². The second kappa shape index (κ2) is 6.06. The molecule has 2 atom stereocenters. The van der Waals surface area contributed by atoms with Crippen LogP contribution >= 0.6 is 0 Å². The van der Waals surface area contributed by atoms with Gasteiger partial charge in [0.2, 0.25) is 0 Å². The van der Waals surface area contributed by atoms with Crippen molar-refractivity contribution in [2.24, 2.45) is 0 Å². The Kier molecular flexibility index (Phi) is 4.63. The summed E-state index contributed by atoms with van der Waals surface area (Å²) >= 11 is 0. The summed E-state index contributed by atoms with van der Waals surface area (Å²) in [6, 6.07) is 0.967. The predicted octanol–water partition coefficient (Wildman–Crippen LogP) is 2.29. The molecule has 2 N–H and O–H groups in total. The van der Waals surface area contributed by atoms with Crippen molar-refractivity contribution in [1.29, 1.82) is 0 Å². The molecule has 1 saturated carbocycles. The van der Waals surface area contributed by atoms with Gasteiger partial charge in [-0.1, -0.05) is 6.92 Å². The van der Waals surface area contributed by atoms with Crippen LogP contribution in [0.3, 0.4) is 0 Å². The van der Waals surface area contributed by atoms with Crippen molar-refractivity contribution in [3.8, 4) is 0 Å². The van der Waals surface area contributed by atoms with Crippen LogP contribution in [0.15, 0.2) is 12.4 Å². The van der Waals surface area contributed by atoms with E-state index >= 15 is 0 Å². The van der Waals surface area contributed by atoms with Crippen molar-refractivity contribution >= 4 is 0 Å². The zero-order valence-corrected chi connectivity index (χ0v) is 12.4. The van der Waals surface area contributed by atoms with Gasteiger partial charge in [-0.15, -0.1) is 0 Å². The highest BCUT2D eigenvalue weighted by Crippen LogP contribution is 2.28. The van der Waals surface area contributed by atoms with E-state index in [1.54, 1.807) is 0 Å². The van der Waals surface area contributed by atoms with Crippen molar-refractivity contribution in [1.82, 2.24) is 14.9 Å². The lowest BCUT2D eigenvalue weighted by Gasteiger charge is -2.32. The molecule has 1 aliphatic rings. The SMILES string of the molecule is CCCc1nccn1C(C)CC(C)(CO)NC1CC1. The lowest BCUT2D eigenvalue weighted by molar-refractivity contribution is 0.148. The van der Waals surface area contributed by atoms with Gasteiger partial charge in [0.05, 0.1) is 6.61 Å². The van der Waals surface area contributed by atoms with Crippen LogP contribution in [-0.4, -0.2) is 32.8 Å². The molecule has 0 aliphatic heterocycles. The van der Waals surface area contributed by atoms with Crippen LogP contribution < -0.4 is 5.32 Å². The molecule has 2 rings (SSSR count). The third-order valence-corrected chi connectivity index (χ3v) is 3.92. The number of aromatic nitrogens is 2. The summed E-state index contributed by atoms with van der Waals surface area (Å²) in [5, 5.41) is 13.3. The maximum absolute atomic E-state index is 9.69. The number of imidazole rings is 1. The van der Waals surface area contributed by atoms with E-state index in [9.17, 15) is 5.11 Å². The third kappa shape index (κ3) is 3.80. The van der Waals surface area contributed by atoms with Crippen LogP contribution in [0.2, 0.25) is 0 Å². The Morgan fingerprint density at radius 3 is 2.89 bits per heavy atom. The largest absolute Gasteiger partial charge is 0.394 e. The van der Waals surface area contributed by atoms with Crippen LogP contribution in [0.5, 0.6) is 0 Å². The summed E-state index contributed by atoms with van der Waals surface area (Å²) < 4.78 is 2.26. The van der Waals surface area contributed by atoms with Crippen molar-refractivity contribution in [2.45, 2.75) is 70.5 Å². The number of rotatable bonds is 8. The quantitative estimate of drug-likeness (QED) is 0.758. The Morgan fingerprint density at radius 2 is 2.32 bits per heavy atom. The average Bonchev–Trinajstić information content (AvgIpc) is 3.05. The molecule has 1 aromatic heterocycles. The molecule has 1 fully saturated rings. The normalized spacial score (nSPS) is 20.2.